The normalized spacial score (nSPS) is 11.2. The first-order valence-corrected chi connectivity index (χ1v) is 9.19. The fourth-order valence-electron chi connectivity index (χ4n) is 1.66. The lowest BCUT2D eigenvalue weighted by atomic mass is 10.2. The maximum Gasteiger partial charge on any atom is 0.256 e. The summed E-state index contributed by atoms with van der Waals surface area (Å²) >= 11 is 7.88. The van der Waals surface area contributed by atoms with Gasteiger partial charge in [-0.15, -0.1) is 0 Å². The largest absolute Gasteiger partial charge is 0.322 e. The van der Waals surface area contributed by atoms with Gasteiger partial charge in [-0.2, -0.15) is 0 Å². The summed E-state index contributed by atoms with van der Waals surface area (Å²) in [6.45, 7) is 0. The number of hydrogen-bond donors (Lipinski definition) is 1. The van der Waals surface area contributed by atoms with Crippen molar-refractivity contribution in [2.75, 3.05) is 11.6 Å². The van der Waals surface area contributed by atoms with E-state index in [0.717, 1.165) is 9.83 Å². The Hall–Kier alpha value is -1.12. The third-order valence-corrected chi connectivity index (χ3v) is 4.97. The SMILES string of the molecule is CS(=O)(=O)c1ccc(NC(=O)c2ccc(Cl)cc2I)cc1. The molecular weight excluding hydrogens is 425 g/mol. The number of rotatable bonds is 3. The Morgan fingerprint density at radius 2 is 1.76 bits per heavy atom. The fraction of sp³-hybridized carbons (Fsp3) is 0.0714. The number of carbonyl (C=O) groups is 1. The standard InChI is InChI=1S/C14H11ClINO3S/c1-21(19,20)11-5-3-10(4-6-11)17-14(18)12-7-2-9(15)8-13(12)16/h2-8H,1H3,(H,17,18). The second-order valence-electron chi connectivity index (χ2n) is 4.37. The van der Waals surface area contributed by atoms with Crippen molar-refractivity contribution in [1.29, 1.82) is 0 Å². The molecule has 0 aliphatic heterocycles. The Bertz CT molecular complexity index is 788. The average Bonchev–Trinajstić information content (AvgIpc) is 2.38. The summed E-state index contributed by atoms with van der Waals surface area (Å²) < 4.78 is 23.5. The van der Waals surface area contributed by atoms with Crippen molar-refractivity contribution < 1.29 is 13.2 Å². The van der Waals surface area contributed by atoms with E-state index in [1.807, 2.05) is 22.6 Å². The van der Waals surface area contributed by atoms with Gasteiger partial charge in [-0.05, 0) is 65.1 Å². The Balaban J connectivity index is 2.20. The first-order valence-electron chi connectivity index (χ1n) is 5.84. The summed E-state index contributed by atoms with van der Waals surface area (Å²) in [6, 6.07) is 11.0. The topological polar surface area (TPSA) is 63.2 Å². The molecule has 0 aliphatic rings. The summed E-state index contributed by atoms with van der Waals surface area (Å²) in [6.07, 6.45) is 1.14. The molecule has 21 heavy (non-hydrogen) atoms. The summed E-state index contributed by atoms with van der Waals surface area (Å²) in [5.74, 6) is -0.275. The molecule has 2 aromatic carbocycles. The number of hydrogen-bond acceptors (Lipinski definition) is 3. The van der Waals surface area contributed by atoms with Crippen LogP contribution in [0.15, 0.2) is 47.4 Å². The molecule has 0 heterocycles. The summed E-state index contributed by atoms with van der Waals surface area (Å²) in [4.78, 5) is 12.4. The highest BCUT2D eigenvalue weighted by molar-refractivity contribution is 14.1. The third-order valence-electron chi connectivity index (χ3n) is 2.72. The molecule has 0 atom stereocenters. The molecule has 7 heteroatoms. The summed E-state index contributed by atoms with van der Waals surface area (Å²) in [7, 11) is -3.24. The van der Waals surface area contributed by atoms with E-state index in [2.05, 4.69) is 5.32 Å². The molecule has 4 nitrogen and oxygen atoms in total. The van der Waals surface area contributed by atoms with Crippen LogP contribution in [-0.4, -0.2) is 20.6 Å². The van der Waals surface area contributed by atoms with Crippen molar-refractivity contribution in [2.45, 2.75) is 4.90 Å². The van der Waals surface area contributed by atoms with Crippen molar-refractivity contribution in [1.82, 2.24) is 0 Å². The monoisotopic (exact) mass is 435 g/mol. The molecule has 0 bridgehead atoms. The second-order valence-corrected chi connectivity index (χ2v) is 7.99. The van der Waals surface area contributed by atoms with Crippen molar-refractivity contribution in [3.8, 4) is 0 Å². The van der Waals surface area contributed by atoms with Crippen LogP contribution in [0.1, 0.15) is 10.4 Å². The van der Waals surface area contributed by atoms with Crippen LogP contribution in [0.4, 0.5) is 5.69 Å². The van der Waals surface area contributed by atoms with Crippen LogP contribution in [0.2, 0.25) is 5.02 Å². The van der Waals surface area contributed by atoms with Gasteiger partial charge in [-0.25, -0.2) is 8.42 Å². The van der Waals surface area contributed by atoms with E-state index < -0.39 is 9.84 Å². The van der Waals surface area contributed by atoms with E-state index in [0.29, 0.717) is 16.3 Å². The van der Waals surface area contributed by atoms with E-state index in [1.54, 1.807) is 30.3 Å². The van der Waals surface area contributed by atoms with Gasteiger partial charge in [0.1, 0.15) is 0 Å². The number of anilines is 1. The van der Waals surface area contributed by atoms with Gasteiger partial charge in [0.05, 0.1) is 10.5 Å². The molecule has 0 radical (unpaired) electrons. The van der Waals surface area contributed by atoms with E-state index in [-0.39, 0.29) is 10.8 Å². The maximum absolute atomic E-state index is 12.2. The molecule has 1 N–H and O–H groups in total. The molecule has 0 unspecified atom stereocenters. The van der Waals surface area contributed by atoms with Crippen LogP contribution in [0.5, 0.6) is 0 Å². The van der Waals surface area contributed by atoms with Gasteiger partial charge < -0.3 is 5.32 Å². The molecular formula is C14H11ClINO3S. The van der Waals surface area contributed by atoms with Crippen molar-refractivity contribution in [3.05, 3.63) is 56.6 Å². The zero-order chi connectivity index (χ0) is 15.6. The van der Waals surface area contributed by atoms with E-state index in [1.165, 1.54) is 12.1 Å². The number of carbonyl (C=O) groups excluding carboxylic acids is 1. The van der Waals surface area contributed by atoms with Crippen molar-refractivity contribution in [3.63, 3.8) is 0 Å². The minimum absolute atomic E-state index is 0.210. The minimum atomic E-state index is -3.24. The molecule has 2 rings (SSSR count). The zero-order valence-corrected chi connectivity index (χ0v) is 14.7. The minimum Gasteiger partial charge on any atom is -0.322 e. The van der Waals surface area contributed by atoms with Crippen LogP contribution in [0, 0.1) is 3.57 Å². The average molecular weight is 436 g/mol. The van der Waals surface area contributed by atoms with Crippen LogP contribution < -0.4 is 5.32 Å². The highest BCUT2D eigenvalue weighted by Crippen LogP contribution is 2.20. The van der Waals surface area contributed by atoms with Gasteiger partial charge in [0.15, 0.2) is 9.84 Å². The second kappa shape index (κ2) is 6.33. The van der Waals surface area contributed by atoms with E-state index in [4.69, 9.17) is 11.6 Å². The molecule has 0 saturated carbocycles. The Kier molecular flexibility index (Phi) is 4.90. The molecule has 0 spiro atoms. The molecule has 0 saturated heterocycles. The van der Waals surface area contributed by atoms with Crippen LogP contribution in [0.25, 0.3) is 0 Å². The smallest absolute Gasteiger partial charge is 0.256 e. The quantitative estimate of drug-likeness (QED) is 0.749. The number of halogens is 2. The lowest BCUT2D eigenvalue weighted by molar-refractivity contribution is 0.102. The number of benzene rings is 2. The third kappa shape index (κ3) is 4.18. The van der Waals surface area contributed by atoms with Crippen molar-refractivity contribution >= 4 is 55.6 Å². The Morgan fingerprint density at radius 1 is 1.14 bits per heavy atom. The molecule has 0 aliphatic carbocycles. The maximum atomic E-state index is 12.2. The lowest BCUT2D eigenvalue weighted by Crippen LogP contribution is -2.13. The number of amides is 1. The fourth-order valence-corrected chi connectivity index (χ4v) is 3.40. The number of sulfone groups is 1. The number of nitrogens with one attached hydrogen (secondary N) is 1. The van der Waals surface area contributed by atoms with E-state index in [9.17, 15) is 13.2 Å². The van der Waals surface area contributed by atoms with Crippen LogP contribution in [0.3, 0.4) is 0 Å². The summed E-state index contributed by atoms with van der Waals surface area (Å²) in [5, 5.41) is 3.28. The molecule has 0 fully saturated rings. The predicted molar refractivity (Wildman–Crippen MR) is 91.7 cm³/mol. The molecule has 110 valence electrons. The van der Waals surface area contributed by atoms with Gasteiger partial charge in [0.25, 0.3) is 5.91 Å². The predicted octanol–water partition coefficient (Wildman–Crippen LogP) is 3.60. The molecule has 2 aromatic rings. The molecule has 0 aromatic heterocycles. The molecule has 1 amide bonds. The van der Waals surface area contributed by atoms with Gasteiger partial charge in [-0.1, -0.05) is 11.6 Å². The van der Waals surface area contributed by atoms with Crippen LogP contribution in [-0.2, 0) is 9.84 Å². The lowest BCUT2D eigenvalue weighted by Gasteiger charge is -2.08. The Morgan fingerprint density at radius 3 is 2.29 bits per heavy atom. The van der Waals surface area contributed by atoms with E-state index >= 15 is 0 Å². The van der Waals surface area contributed by atoms with Gasteiger partial charge in [0, 0.05) is 20.5 Å². The highest BCUT2D eigenvalue weighted by atomic mass is 127. The highest BCUT2D eigenvalue weighted by Gasteiger charge is 2.11. The Labute approximate surface area is 141 Å². The van der Waals surface area contributed by atoms with Gasteiger partial charge in [-0.3, -0.25) is 4.79 Å². The van der Waals surface area contributed by atoms with Gasteiger partial charge in [0.2, 0.25) is 0 Å². The first kappa shape index (κ1) is 16.3. The zero-order valence-electron chi connectivity index (χ0n) is 10.9. The van der Waals surface area contributed by atoms with Crippen molar-refractivity contribution in [2.24, 2.45) is 0 Å². The van der Waals surface area contributed by atoms with Gasteiger partial charge >= 0.3 is 0 Å². The first-order chi connectivity index (χ1) is 9.77. The van der Waals surface area contributed by atoms with Crippen LogP contribution >= 0.6 is 34.2 Å². The summed E-state index contributed by atoms with van der Waals surface area (Å²) in [5.41, 5.74) is 1.03.